The number of hydrogen-bond donors (Lipinski definition) is 1. The predicted octanol–water partition coefficient (Wildman–Crippen LogP) is 1.35. The molecule has 1 aliphatic rings. The maximum Gasteiger partial charge on any atom is 0.263 e. The lowest BCUT2D eigenvalue weighted by Crippen LogP contribution is -1.95. The van der Waals surface area contributed by atoms with Gasteiger partial charge in [-0.1, -0.05) is 11.6 Å². The Morgan fingerprint density at radius 3 is 3.00 bits per heavy atom. The Balaban J connectivity index is 2.67. The molecule has 2 heterocycles. The van der Waals surface area contributed by atoms with Crippen molar-refractivity contribution in [2.24, 2.45) is 0 Å². The molecule has 2 N–H and O–H groups in total. The number of nitrogens with zero attached hydrogens (tertiary/aromatic N) is 1. The van der Waals surface area contributed by atoms with Gasteiger partial charge in [-0.05, 0) is 6.92 Å². The van der Waals surface area contributed by atoms with Gasteiger partial charge in [0.15, 0.2) is 0 Å². The number of rotatable bonds is 0. The fraction of sp³-hybridized carbons (Fsp3) is 0.286. The van der Waals surface area contributed by atoms with E-state index in [0.717, 1.165) is 5.56 Å². The summed E-state index contributed by atoms with van der Waals surface area (Å²) in [5.74, 6) is 1.25. The first-order valence-corrected chi connectivity index (χ1v) is 3.79. The zero-order valence-electron chi connectivity index (χ0n) is 6.43. The van der Waals surface area contributed by atoms with Crippen molar-refractivity contribution < 1.29 is 9.47 Å². The van der Waals surface area contributed by atoms with Crippen LogP contribution in [-0.2, 0) is 0 Å². The summed E-state index contributed by atoms with van der Waals surface area (Å²) in [7, 11) is 0. The molecule has 1 aromatic heterocycles. The fourth-order valence-corrected chi connectivity index (χ4v) is 1.22. The Hall–Kier alpha value is -1.16. The summed E-state index contributed by atoms with van der Waals surface area (Å²) in [5, 5.41) is 0.481. The van der Waals surface area contributed by atoms with Gasteiger partial charge in [0.2, 0.25) is 12.5 Å². The predicted molar refractivity (Wildman–Crippen MR) is 44.5 cm³/mol. The molecule has 0 radical (unpaired) electrons. The summed E-state index contributed by atoms with van der Waals surface area (Å²) in [4.78, 5) is 3.96. The molecule has 1 aliphatic heterocycles. The van der Waals surface area contributed by atoms with Crippen LogP contribution in [0.1, 0.15) is 5.56 Å². The van der Waals surface area contributed by atoms with Gasteiger partial charge in [-0.3, -0.25) is 0 Å². The summed E-state index contributed by atoms with van der Waals surface area (Å²) in [5.41, 5.74) is 6.29. The number of anilines is 1. The molecule has 1 aromatic rings. The second-order valence-electron chi connectivity index (χ2n) is 2.48. The van der Waals surface area contributed by atoms with Crippen LogP contribution in [0.25, 0.3) is 0 Å². The maximum atomic E-state index is 5.92. The van der Waals surface area contributed by atoms with Crippen molar-refractivity contribution in [2.45, 2.75) is 6.92 Å². The van der Waals surface area contributed by atoms with E-state index in [1.807, 2.05) is 0 Å². The molecule has 0 saturated carbocycles. The second-order valence-corrected chi connectivity index (χ2v) is 2.85. The van der Waals surface area contributed by atoms with Gasteiger partial charge in [0.1, 0.15) is 5.82 Å². The minimum absolute atomic E-state index is 0.158. The Morgan fingerprint density at radius 2 is 2.25 bits per heavy atom. The molecule has 12 heavy (non-hydrogen) atoms. The molecule has 0 unspecified atom stereocenters. The highest BCUT2D eigenvalue weighted by molar-refractivity contribution is 6.33. The van der Waals surface area contributed by atoms with Gasteiger partial charge < -0.3 is 15.2 Å². The van der Waals surface area contributed by atoms with Crippen LogP contribution in [0.5, 0.6) is 11.6 Å². The summed E-state index contributed by atoms with van der Waals surface area (Å²) in [6.07, 6.45) is 0. The van der Waals surface area contributed by atoms with Crippen LogP contribution in [0.4, 0.5) is 5.82 Å². The second kappa shape index (κ2) is 2.42. The minimum atomic E-state index is 0.158. The first-order valence-electron chi connectivity index (χ1n) is 3.41. The first-order chi connectivity index (χ1) is 5.70. The Bertz CT molecular complexity index is 341. The third kappa shape index (κ3) is 0.881. The van der Waals surface area contributed by atoms with E-state index < -0.39 is 0 Å². The molecule has 0 fully saturated rings. The zero-order valence-corrected chi connectivity index (χ0v) is 7.18. The summed E-state index contributed by atoms with van der Waals surface area (Å²) < 4.78 is 10.1. The van der Waals surface area contributed by atoms with Crippen molar-refractivity contribution >= 4 is 17.4 Å². The largest absolute Gasteiger partial charge is 0.450 e. The average molecular weight is 187 g/mol. The van der Waals surface area contributed by atoms with E-state index in [2.05, 4.69) is 4.98 Å². The Kier molecular flexibility index (Phi) is 1.51. The lowest BCUT2D eigenvalue weighted by molar-refractivity contribution is 0.171. The van der Waals surface area contributed by atoms with Gasteiger partial charge >= 0.3 is 0 Å². The Morgan fingerprint density at radius 1 is 1.50 bits per heavy atom. The van der Waals surface area contributed by atoms with Crippen molar-refractivity contribution in [3.63, 3.8) is 0 Å². The van der Waals surface area contributed by atoms with E-state index in [0.29, 0.717) is 22.5 Å². The molecule has 0 bridgehead atoms. The van der Waals surface area contributed by atoms with Crippen LogP contribution in [-0.4, -0.2) is 11.8 Å². The number of nitrogens with two attached hydrogens (primary N) is 1. The van der Waals surface area contributed by atoms with Crippen LogP contribution in [0, 0.1) is 6.92 Å². The number of halogens is 1. The van der Waals surface area contributed by atoms with Crippen LogP contribution in [0.2, 0.25) is 5.02 Å². The van der Waals surface area contributed by atoms with Crippen molar-refractivity contribution in [2.75, 3.05) is 12.5 Å². The van der Waals surface area contributed by atoms with Crippen LogP contribution in [0.15, 0.2) is 0 Å². The fourth-order valence-electron chi connectivity index (χ4n) is 0.988. The normalized spacial score (nSPS) is 13.5. The van der Waals surface area contributed by atoms with Gasteiger partial charge in [0.25, 0.3) is 5.88 Å². The Labute approximate surface area is 74.2 Å². The number of pyridine rings is 1. The smallest absolute Gasteiger partial charge is 0.263 e. The van der Waals surface area contributed by atoms with Gasteiger partial charge in [0, 0.05) is 5.56 Å². The molecular formula is C7H7ClN2O2. The van der Waals surface area contributed by atoms with E-state index in [-0.39, 0.29) is 6.79 Å². The molecule has 0 saturated heterocycles. The van der Waals surface area contributed by atoms with E-state index in [9.17, 15) is 0 Å². The van der Waals surface area contributed by atoms with Crippen LogP contribution < -0.4 is 15.2 Å². The average Bonchev–Trinajstić information content (AvgIpc) is 2.48. The molecule has 0 spiro atoms. The SMILES string of the molecule is Cc1c(N)nc2c(c1Cl)OCO2. The van der Waals surface area contributed by atoms with Crippen LogP contribution in [0.3, 0.4) is 0 Å². The van der Waals surface area contributed by atoms with E-state index >= 15 is 0 Å². The van der Waals surface area contributed by atoms with Gasteiger partial charge in [0.05, 0.1) is 5.02 Å². The number of nitrogen functional groups attached to an aromatic ring is 1. The van der Waals surface area contributed by atoms with Gasteiger partial charge in [-0.15, -0.1) is 0 Å². The molecule has 5 heteroatoms. The highest BCUT2D eigenvalue weighted by atomic mass is 35.5. The quantitative estimate of drug-likeness (QED) is 0.665. The first kappa shape index (κ1) is 7.49. The molecule has 64 valence electrons. The van der Waals surface area contributed by atoms with Crippen LogP contribution >= 0.6 is 11.6 Å². The van der Waals surface area contributed by atoms with Crippen molar-refractivity contribution in [3.8, 4) is 11.6 Å². The standard InChI is InChI=1S/C7H7ClN2O2/c1-3-4(8)5-7(10-6(3)9)12-2-11-5/h2H2,1H3,(H2,9,10). The highest BCUT2D eigenvalue weighted by Crippen LogP contribution is 2.40. The monoisotopic (exact) mass is 186 g/mol. The molecule has 0 atom stereocenters. The van der Waals surface area contributed by atoms with Crippen molar-refractivity contribution in [3.05, 3.63) is 10.6 Å². The number of aromatic nitrogens is 1. The number of ether oxygens (including phenoxy) is 2. The van der Waals surface area contributed by atoms with Crippen molar-refractivity contribution in [1.29, 1.82) is 0 Å². The third-order valence-electron chi connectivity index (χ3n) is 1.73. The molecule has 4 nitrogen and oxygen atoms in total. The highest BCUT2D eigenvalue weighted by Gasteiger charge is 2.21. The minimum Gasteiger partial charge on any atom is -0.450 e. The number of fused-ring (bicyclic) bond motifs is 1. The van der Waals surface area contributed by atoms with E-state index in [1.54, 1.807) is 6.92 Å². The zero-order chi connectivity index (χ0) is 8.72. The lowest BCUT2D eigenvalue weighted by atomic mass is 10.3. The molecule has 2 rings (SSSR count). The van der Waals surface area contributed by atoms with Crippen molar-refractivity contribution in [1.82, 2.24) is 4.98 Å². The summed E-state index contributed by atoms with van der Waals surface area (Å²) >= 11 is 5.92. The van der Waals surface area contributed by atoms with Gasteiger partial charge in [-0.25, -0.2) is 0 Å². The summed E-state index contributed by atoms with van der Waals surface area (Å²) in [6.45, 7) is 1.94. The maximum absolute atomic E-state index is 5.92. The van der Waals surface area contributed by atoms with E-state index in [1.165, 1.54) is 0 Å². The van der Waals surface area contributed by atoms with Gasteiger partial charge in [-0.2, -0.15) is 4.98 Å². The van der Waals surface area contributed by atoms with E-state index in [4.69, 9.17) is 26.8 Å². The molecule has 0 aliphatic carbocycles. The topological polar surface area (TPSA) is 57.4 Å². The number of hydrogen-bond acceptors (Lipinski definition) is 4. The third-order valence-corrected chi connectivity index (χ3v) is 2.18. The lowest BCUT2D eigenvalue weighted by Gasteiger charge is -2.03. The molecular weight excluding hydrogens is 180 g/mol. The summed E-state index contributed by atoms with van der Waals surface area (Å²) in [6, 6.07) is 0. The molecule has 0 amide bonds. The molecule has 0 aromatic carbocycles.